The van der Waals surface area contributed by atoms with E-state index in [0.717, 1.165) is 17.0 Å². The third-order valence-corrected chi connectivity index (χ3v) is 7.52. The van der Waals surface area contributed by atoms with Crippen molar-refractivity contribution < 1.29 is 17.9 Å². The van der Waals surface area contributed by atoms with E-state index in [9.17, 15) is 13.2 Å². The predicted molar refractivity (Wildman–Crippen MR) is 131 cm³/mol. The lowest BCUT2D eigenvalue weighted by molar-refractivity contribution is 0.102. The summed E-state index contributed by atoms with van der Waals surface area (Å²) in [5.74, 6) is 0.306. The van der Waals surface area contributed by atoms with Gasteiger partial charge in [-0.25, -0.2) is 13.4 Å². The van der Waals surface area contributed by atoms with Gasteiger partial charge in [0.25, 0.3) is 15.9 Å². The molecule has 0 fully saturated rings. The lowest BCUT2D eigenvalue weighted by Crippen LogP contribution is -2.26. The molecule has 7 nitrogen and oxygen atoms in total. The molecule has 0 saturated heterocycles. The molecular formula is C24H21N3O4S2. The minimum Gasteiger partial charge on any atom is -0.497 e. The van der Waals surface area contributed by atoms with Crippen LogP contribution in [-0.4, -0.2) is 33.5 Å². The lowest BCUT2D eigenvalue weighted by Gasteiger charge is -2.19. The highest BCUT2D eigenvalue weighted by molar-refractivity contribution is 7.92. The highest BCUT2D eigenvalue weighted by Crippen LogP contribution is 2.27. The fraction of sp³-hybridized carbons (Fsp3) is 0.0833. The molecular weight excluding hydrogens is 458 g/mol. The summed E-state index contributed by atoms with van der Waals surface area (Å²) in [5.41, 5.74) is 2.36. The fourth-order valence-corrected chi connectivity index (χ4v) is 5.08. The summed E-state index contributed by atoms with van der Waals surface area (Å²) in [6.45, 7) is 0. The summed E-state index contributed by atoms with van der Waals surface area (Å²) in [6, 6.07) is 22.1. The van der Waals surface area contributed by atoms with Gasteiger partial charge in [-0.1, -0.05) is 24.3 Å². The van der Waals surface area contributed by atoms with Crippen LogP contribution in [0.4, 0.5) is 10.8 Å². The average molecular weight is 480 g/mol. The number of hydrogen-bond donors (Lipinski definition) is 1. The molecule has 168 valence electrons. The van der Waals surface area contributed by atoms with Crippen LogP contribution in [0.3, 0.4) is 0 Å². The largest absolute Gasteiger partial charge is 0.497 e. The van der Waals surface area contributed by atoms with Crippen molar-refractivity contribution in [2.75, 3.05) is 23.8 Å². The number of benzene rings is 3. The van der Waals surface area contributed by atoms with Gasteiger partial charge in [0.05, 0.1) is 23.4 Å². The van der Waals surface area contributed by atoms with E-state index in [1.165, 1.54) is 34.8 Å². The van der Waals surface area contributed by atoms with Crippen molar-refractivity contribution in [3.05, 3.63) is 89.8 Å². The molecule has 0 aliphatic heterocycles. The number of carbonyl (C=O) groups is 1. The van der Waals surface area contributed by atoms with Gasteiger partial charge in [0.1, 0.15) is 5.75 Å². The standard InChI is InChI=1S/C24H21N3O4S2/c1-27(19-8-4-3-5-9-19)33(29,30)21-10-6-7-18(15-21)23(28)26-24-25-22(16-32-24)17-11-13-20(31-2)14-12-17/h3-16H,1-2H3,(H,25,26,28). The normalized spacial score (nSPS) is 11.1. The Balaban J connectivity index is 1.52. The Morgan fingerprint density at radius 1 is 1.00 bits per heavy atom. The zero-order valence-corrected chi connectivity index (χ0v) is 19.6. The molecule has 9 heteroatoms. The number of carbonyl (C=O) groups excluding carboxylic acids is 1. The number of anilines is 2. The van der Waals surface area contributed by atoms with Gasteiger partial charge >= 0.3 is 0 Å². The second-order valence-electron chi connectivity index (χ2n) is 7.06. The Morgan fingerprint density at radius 3 is 2.42 bits per heavy atom. The van der Waals surface area contributed by atoms with Crippen LogP contribution < -0.4 is 14.4 Å². The van der Waals surface area contributed by atoms with Gasteiger partial charge in [-0.2, -0.15) is 0 Å². The monoisotopic (exact) mass is 479 g/mol. The molecule has 0 saturated carbocycles. The summed E-state index contributed by atoms with van der Waals surface area (Å²) < 4.78 is 32.4. The maximum Gasteiger partial charge on any atom is 0.264 e. The molecule has 0 bridgehead atoms. The van der Waals surface area contributed by atoms with E-state index in [2.05, 4.69) is 10.3 Å². The molecule has 1 amide bonds. The molecule has 0 aliphatic carbocycles. The first kappa shape index (κ1) is 22.5. The average Bonchev–Trinajstić information content (AvgIpc) is 3.32. The van der Waals surface area contributed by atoms with E-state index in [1.807, 2.05) is 35.7 Å². The van der Waals surface area contributed by atoms with E-state index in [1.54, 1.807) is 43.5 Å². The van der Waals surface area contributed by atoms with Gasteiger partial charge in [-0.05, 0) is 54.6 Å². The van der Waals surface area contributed by atoms with Crippen molar-refractivity contribution in [2.45, 2.75) is 4.90 Å². The minimum absolute atomic E-state index is 0.0274. The molecule has 1 N–H and O–H groups in total. The van der Waals surface area contributed by atoms with Crippen LogP contribution in [0.1, 0.15) is 10.4 Å². The van der Waals surface area contributed by atoms with Crippen molar-refractivity contribution in [3.8, 4) is 17.0 Å². The SMILES string of the molecule is COc1ccc(-c2csc(NC(=O)c3cccc(S(=O)(=O)N(C)c4ccccc4)c3)n2)cc1. The molecule has 33 heavy (non-hydrogen) atoms. The molecule has 1 heterocycles. The predicted octanol–water partition coefficient (Wildman–Crippen LogP) is 4.90. The number of nitrogens with zero attached hydrogens (tertiary/aromatic N) is 2. The van der Waals surface area contributed by atoms with E-state index in [0.29, 0.717) is 10.8 Å². The van der Waals surface area contributed by atoms with Crippen molar-refractivity contribution in [2.24, 2.45) is 0 Å². The summed E-state index contributed by atoms with van der Waals surface area (Å²) in [4.78, 5) is 17.3. The van der Waals surface area contributed by atoms with E-state index < -0.39 is 15.9 Å². The smallest absolute Gasteiger partial charge is 0.264 e. The highest BCUT2D eigenvalue weighted by atomic mass is 32.2. The number of aromatic nitrogens is 1. The molecule has 0 atom stereocenters. The number of ether oxygens (including phenoxy) is 1. The molecule has 0 unspecified atom stereocenters. The third kappa shape index (κ3) is 4.89. The van der Waals surface area contributed by atoms with Gasteiger partial charge < -0.3 is 4.74 Å². The van der Waals surface area contributed by atoms with Crippen LogP contribution in [0.2, 0.25) is 0 Å². The lowest BCUT2D eigenvalue weighted by atomic mass is 10.2. The third-order valence-electron chi connectivity index (χ3n) is 4.98. The fourth-order valence-electron chi connectivity index (χ4n) is 3.13. The van der Waals surface area contributed by atoms with Crippen molar-refractivity contribution in [1.29, 1.82) is 0 Å². The second kappa shape index (κ2) is 9.43. The zero-order chi connectivity index (χ0) is 23.4. The van der Waals surface area contributed by atoms with Gasteiger partial charge in [-0.3, -0.25) is 14.4 Å². The molecule has 1 aromatic heterocycles. The molecule has 3 aromatic carbocycles. The molecule has 4 aromatic rings. The zero-order valence-electron chi connectivity index (χ0n) is 17.9. The Kier molecular flexibility index (Phi) is 6.43. The highest BCUT2D eigenvalue weighted by Gasteiger charge is 2.22. The van der Waals surface area contributed by atoms with E-state index in [4.69, 9.17) is 4.74 Å². The number of nitrogens with one attached hydrogen (secondary N) is 1. The van der Waals surface area contributed by atoms with Gasteiger partial charge in [0, 0.05) is 23.6 Å². The van der Waals surface area contributed by atoms with Crippen molar-refractivity contribution in [3.63, 3.8) is 0 Å². The Labute approximate surface area is 196 Å². The van der Waals surface area contributed by atoms with Crippen LogP contribution in [0.5, 0.6) is 5.75 Å². The summed E-state index contributed by atoms with van der Waals surface area (Å²) >= 11 is 1.29. The van der Waals surface area contributed by atoms with Crippen LogP contribution in [0, 0.1) is 0 Å². The number of rotatable bonds is 7. The van der Waals surface area contributed by atoms with Gasteiger partial charge in [0.2, 0.25) is 0 Å². The summed E-state index contributed by atoms with van der Waals surface area (Å²) in [5, 5.41) is 5.00. The first-order valence-electron chi connectivity index (χ1n) is 9.94. The topological polar surface area (TPSA) is 88.6 Å². The van der Waals surface area contributed by atoms with E-state index >= 15 is 0 Å². The van der Waals surface area contributed by atoms with Crippen molar-refractivity contribution in [1.82, 2.24) is 4.98 Å². The number of methoxy groups -OCH3 is 1. The molecule has 0 radical (unpaired) electrons. The van der Waals surface area contributed by atoms with Gasteiger partial charge in [0.15, 0.2) is 5.13 Å². The maximum atomic E-state index is 13.0. The second-order valence-corrected chi connectivity index (χ2v) is 9.88. The van der Waals surface area contributed by atoms with Crippen LogP contribution >= 0.6 is 11.3 Å². The first-order valence-corrected chi connectivity index (χ1v) is 12.3. The summed E-state index contributed by atoms with van der Waals surface area (Å²) in [6.07, 6.45) is 0. The number of amides is 1. The maximum absolute atomic E-state index is 13.0. The Morgan fingerprint density at radius 2 is 1.73 bits per heavy atom. The van der Waals surface area contributed by atoms with Gasteiger partial charge in [-0.15, -0.1) is 11.3 Å². The molecule has 4 rings (SSSR count). The first-order chi connectivity index (χ1) is 15.9. The Bertz CT molecular complexity index is 1370. The van der Waals surface area contributed by atoms with E-state index in [-0.39, 0.29) is 10.5 Å². The Hall–Kier alpha value is -3.69. The number of hydrogen-bond acceptors (Lipinski definition) is 6. The quantitative estimate of drug-likeness (QED) is 0.407. The van der Waals surface area contributed by atoms with Crippen LogP contribution in [0.25, 0.3) is 11.3 Å². The molecule has 0 aliphatic rings. The van der Waals surface area contributed by atoms with Crippen molar-refractivity contribution >= 4 is 38.1 Å². The summed E-state index contributed by atoms with van der Waals surface area (Å²) in [7, 11) is -0.746. The number of para-hydroxylation sites is 1. The van der Waals surface area contributed by atoms with Crippen LogP contribution in [-0.2, 0) is 10.0 Å². The minimum atomic E-state index is -3.83. The number of thiazole rings is 1. The molecule has 0 spiro atoms. The number of sulfonamides is 1. The van der Waals surface area contributed by atoms with Crippen LogP contribution in [0.15, 0.2) is 89.1 Å².